The molecule has 0 spiro atoms. The number of rotatable bonds is 7. The molecule has 3 aromatic rings. The Morgan fingerprint density at radius 1 is 0.952 bits per heavy atom. The van der Waals surface area contributed by atoms with Crippen molar-refractivity contribution in [3.05, 3.63) is 112 Å². The van der Waals surface area contributed by atoms with E-state index >= 15 is 0 Å². The van der Waals surface area contributed by atoms with E-state index in [-0.39, 0.29) is 37.0 Å². The Labute approximate surface area is 250 Å². The summed E-state index contributed by atoms with van der Waals surface area (Å²) in [5, 5.41) is 0.697. The maximum atomic E-state index is 14.7. The maximum Gasteiger partial charge on any atom is 0.336 e. The van der Waals surface area contributed by atoms with Crippen molar-refractivity contribution in [3.8, 4) is 0 Å². The van der Waals surface area contributed by atoms with Crippen molar-refractivity contribution in [1.82, 2.24) is 9.80 Å². The van der Waals surface area contributed by atoms with Gasteiger partial charge in [-0.1, -0.05) is 54.1 Å². The number of amides is 2. The standard InChI is InChI=1S/C33H33ClFN3O4/c1-3-42-33(41)31-22(2)38(30(39)20-26(31)25-8-4-6-10-28(25)35)21-23-12-14-24(15-13-23)32(40)37-18-16-36(17-19-37)29-11-7-5-9-27(29)34/h4-15,26H,3,16-21H2,1-2H3. The highest BCUT2D eigenvalue weighted by Crippen LogP contribution is 2.38. The summed E-state index contributed by atoms with van der Waals surface area (Å²) >= 11 is 6.35. The van der Waals surface area contributed by atoms with Crippen LogP contribution < -0.4 is 4.90 Å². The van der Waals surface area contributed by atoms with E-state index in [2.05, 4.69) is 4.90 Å². The Hall–Kier alpha value is -4.17. The van der Waals surface area contributed by atoms with Gasteiger partial charge in [0.25, 0.3) is 5.91 Å². The molecular weight excluding hydrogens is 557 g/mol. The van der Waals surface area contributed by atoms with E-state index in [4.69, 9.17) is 16.3 Å². The van der Waals surface area contributed by atoms with E-state index in [1.807, 2.05) is 41.3 Å². The van der Waals surface area contributed by atoms with Gasteiger partial charge in [0.2, 0.25) is 5.91 Å². The van der Waals surface area contributed by atoms with Crippen molar-refractivity contribution in [2.24, 2.45) is 0 Å². The summed E-state index contributed by atoms with van der Waals surface area (Å²) in [6.07, 6.45) is -0.0524. The molecule has 1 unspecified atom stereocenters. The van der Waals surface area contributed by atoms with Crippen molar-refractivity contribution in [3.63, 3.8) is 0 Å². The highest BCUT2D eigenvalue weighted by Gasteiger charge is 2.38. The quantitative estimate of drug-likeness (QED) is 0.326. The number of hydrogen-bond donors (Lipinski definition) is 0. The molecule has 0 bridgehead atoms. The normalized spacial score (nSPS) is 17.5. The number of para-hydroxylation sites is 1. The fourth-order valence-corrected chi connectivity index (χ4v) is 5.93. The van der Waals surface area contributed by atoms with Crippen LogP contribution in [0.4, 0.5) is 10.1 Å². The first-order valence-electron chi connectivity index (χ1n) is 14.1. The predicted molar refractivity (Wildman–Crippen MR) is 160 cm³/mol. The van der Waals surface area contributed by atoms with Gasteiger partial charge in [-0.3, -0.25) is 9.59 Å². The molecule has 2 aliphatic heterocycles. The summed E-state index contributed by atoms with van der Waals surface area (Å²) in [6.45, 7) is 6.31. The lowest BCUT2D eigenvalue weighted by Crippen LogP contribution is -2.48. The topological polar surface area (TPSA) is 70.2 Å². The van der Waals surface area contributed by atoms with Crippen LogP contribution in [0.5, 0.6) is 0 Å². The van der Waals surface area contributed by atoms with Crippen LogP contribution in [0.2, 0.25) is 5.02 Å². The van der Waals surface area contributed by atoms with Crippen LogP contribution >= 0.6 is 11.6 Å². The second-order valence-corrected chi connectivity index (χ2v) is 10.8. The van der Waals surface area contributed by atoms with E-state index in [1.54, 1.807) is 44.2 Å². The number of anilines is 1. The molecule has 0 N–H and O–H groups in total. The Kier molecular flexibility index (Phi) is 8.92. The zero-order chi connectivity index (χ0) is 29.8. The minimum absolute atomic E-state index is 0.0524. The second-order valence-electron chi connectivity index (χ2n) is 10.4. The number of hydrogen-bond acceptors (Lipinski definition) is 5. The molecular formula is C33H33ClFN3O4. The number of piperazine rings is 1. The van der Waals surface area contributed by atoms with Crippen molar-refractivity contribution in [2.75, 3.05) is 37.7 Å². The van der Waals surface area contributed by atoms with Crippen molar-refractivity contribution >= 4 is 35.1 Å². The Balaban J connectivity index is 1.29. The highest BCUT2D eigenvalue weighted by atomic mass is 35.5. The third kappa shape index (κ3) is 6.04. The van der Waals surface area contributed by atoms with Crippen LogP contribution in [0.3, 0.4) is 0 Å². The summed E-state index contributed by atoms with van der Waals surface area (Å²) in [5.41, 5.74) is 3.35. The van der Waals surface area contributed by atoms with Gasteiger partial charge in [-0.15, -0.1) is 0 Å². The first-order valence-corrected chi connectivity index (χ1v) is 14.5. The van der Waals surface area contributed by atoms with Crippen molar-refractivity contribution < 1.29 is 23.5 Å². The van der Waals surface area contributed by atoms with Crippen molar-refractivity contribution in [2.45, 2.75) is 32.7 Å². The van der Waals surface area contributed by atoms with Gasteiger partial charge in [0.05, 0.1) is 29.4 Å². The fourth-order valence-electron chi connectivity index (χ4n) is 5.68. The summed E-state index contributed by atoms with van der Waals surface area (Å²) in [6, 6.07) is 21.1. The molecule has 3 aromatic carbocycles. The van der Waals surface area contributed by atoms with Gasteiger partial charge >= 0.3 is 5.97 Å². The third-order valence-corrected chi connectivity index (χ3v) is 8.22. The molecule has 1 atom stereocenters. The molecule has 218 valence electrons. The summed E-state index contributed by atoms with van der Waals surface area (Å²) < 4.78 is 20.0. The monoisotopic (exact) mass is 589 g/mol. The lowest BCUT2D eigenvalue weighted by Gasteiger charge is -2.36. The van der Waals surface area contributed by atoms with Crippen molar-refractivity contribution in [1.29, 1.82) is 0 Å². The molecule has 7 nitrogen and oxygen atoms in total. The molecule has 0 aliphatic carbocycles. The zero-order valence-electron chi connectivity index (χ0n) is 23.7. The van der Waals surface area contributed by atoms with Crippen LogP contribution in [0.15, 0.2) is 84.1 Å². The number of allylic oxidation sites excluding steroid dienone is 1. The average Bonchev–Trinajstić information content (AvgIpc) is 2.99. The minimum Gasteiger partial charge on any atom is -0.463 e. The number of carbonyl (C=O) groups is 3. The molecule has 0 aromatic heterocycles. The Morgan fingerprint density at radius 3 is 2.29 bits per heavy atom. The van der Waals surface area contributed by atoms with Gasteiger partial charge in [0, 0.05) is 49.8 Å². The summed E-state index contributed by atoms with van der Waals surface area (Å²) in [5.74, 6) is -2.03. The largest absolute Gasteiger partial charge is 0.463 e. The first kappa shape index (κ1) is 29.3. The first-order chi connectivity index (χ1) is 20.3. The van der Waals surface area contributed by atoms with Gasteiger partial charge in [0.15, 0.2) is 0 Å². The molecule has 2 aliphatic rings. The summed E-state index contributed by atoms with van der Waals surface area (Å²) in [7, 11) is 0. The predicted octanol–water partition coefficient (Wildman–Crippen LogP) is 5.79. The van der Waals surface area contributed by atoms with Gasteiger partial charge in [-0.2, -0.15) is 0 Å². The SMILES string of the molecule is CCOC(=O)C1=C(C)N(Cc2ccc(C(=O)N3CCN(c4ccccc4Cl)CC3)cc2)C(=O)CC1c1ccccc1F. The number of esters is 1. The average molecular weight is 590 g/mol. The van der Waals surface area contributed by atoms with Crippen LogP contribution in [-0.2, 0) is 20.9 Å². The molecule has 2 heterocycles. The Morgan fingerprint density at radius 2 is 1.62 bits per heavy atom. The molecule has 2 amide bonds. The van der Waals surface area contributed by atoms with E-state index in [9.17, 15) is 18.8 Å². The lowest BCUT2D eigenvalue weighted by molar-refractivity contribution is -0.140. The van der Waals surface area contributed by atoms with Gasteiger partial charge in [-0.05, 0) is 55.3 Å². The number of carbonyl (C=O) groups excluding carboxylic acids is 3. The van der Waals surface area contributed by atoms with Crippen LogP contribution in [0.1, 0.15) is 47.7 Å². The van der Waals surface area contributed by atoms with Gasteiger partial charge in [-0.25, -0.2) is 9.18 Å². The van der Waals surface area contributed by atoms with E-state index in [0.29, 0.717) is 48.0 Å². The van der Waals surface area contributed by atoms with Gasteiger partial charge < -0.3 is 19.4 Å². The minimum atomic E-state index is -0.729. The molecule has 1 fully saturated rings. The molecule has 42 heavy (non-hydrogen) atoms. The van der Waals surface area contributed by atoms with Crippen LogP contribution in [0, 0.1) is 5.82 Å². The second kappa shape index (κ2) is 12.8. The van der Waals surface area contributed by atoms with E-state index < -0.39 is 17.7 Å². The Bertz CT molecular complexity index is 1520. The number of halogens is 2. The maximum absolute atomic E-state index is 14.7. The van der Waals surface area contributed by atoms with E-state index in [1.165, 1.54) is 11.0 Å². The lowest BCUT2D eigenvalue weighted by atomic mass is 9.83. The van der Waals surface area contributed by atoms with E-state index in [0.717, 1.165) is 11.3 Å². The third-order valence-electron chi connectivity index (χ3n) is 7.90. The molecule has 5 rings (SSSR count). The molecule has 1 saturated heterocycles. The highest BCUT2D eigenvalue weighted by molar-refractivity contribution is 6.33. The van der Waals surface area contributed by atoms with Gasteiger partial charge in [0.1, 0.15) is 5.82 Å². The number of benzene rings is 3. The number of ether oxygens (including phenoxy) is 1. The summed E-state index contributed by atoms with van der Waals surface area (Å²) in [4.78, 5) is 45.1. The molecule has 0 saturated carbocycles. The van der Waals surface area contributed by atoms with Crippen LogP contribution in [0.25, 0.3) is 0 Å². The smallest absolute Gasteiger partial charge is 0.336 e. The van der Waals surface area contributed by atoms with Crippen LogP contribution in [-0.4, -0.2) is 60.4 Å². The zero-order valence-corrected chi connectivity index (χ0v) is 24.4. The fraction of sp³-hybridized carbons (Fsp3) is 0.303. The molecule has 9 heteroatoms. The number of nitrogens with zero attached hydrogens (tertiary/aromatic N) is 3. The molecule has 0 radical (unpaired) electrons.